The van der Waals surface area contributed by atoms with E-state index in [9.17, 15) is 0 Å². The zero-order valence-electron chi connectivity index (χ0n) is 8.30. The van der Waals surface area contributed by atoms with Gasteiger partial charge in [0, 0.05) is 5.33 Å². The van der Waals surface area contributed by atoms with Gasteiger partial charge in [-0.2, -0.15) is 0 Å². The number of benzene rings is 1. The summed E-state index contributed by atoms with van der Waals surface area (Å²) in [6, 6.07) is 6.27. The maximum atomic E-state index is 5.38. The summed E-state index contributed by atoms with van der Waals surface area (Å²) < 4.78 is 5.38. The molecule has 2 heteroatoms. The predicted octanol–water partition coefficient (Wildman–Crippen LogP) is 3.50. The van der Waals surface area contributed by atoms with Crippen molar-refractivity contribution in [3.05, 3.63) is 29.3 Å². The Morgan fingerprint density at radius 3 is 2.69 bits per heavy atom. The first-order chi connectivity index (χ1) is 6.20. The summed E-state index contributed by atoms with van der Waals surface area (Å²) in [5.74, 6) is 1.52. The van der Waals surface area contributed by atoms with Crippen LogP contribution in [-0.4, -0.2) is 12.4 Å². The molecule has 0 bridgehead atoms. The summed E-state index contributed by atoms with van der Waals surface area (Å²) in [6.07, 6.45) is 0. The minimum Gasteiger partial charge on any atom is -0.496 e. The number of rotatable bonds is 3. The molecule has 1 rings (SSSR count). The maximum Gasteiger partial charge on any atom is 0.125 e. The van der Waals surface area contributed by atoms with E-state index in [2.05, 4.69) is 48.0 Å². The largest absolute Gasteiger partial charge is 0.496 e. The lowest BCUT2D eigenvalue weighted by Crippen LogP contribution is -1.99. The van der Waals surface area contributed by atoms with E-state index < -0.39 is 0 Å². The molecule has 1 nitrogen and oxygen atoms in total. The number of alkyl halides is 1. The van der Waals surface area contributed by atoms with Gasteiger partial charge >= 0.3 is 0 Å². The number of hydrogen-bond donors (Lipinski definition) is 0. The molecule has 0 aromatic heterocycles. The molecule has 1 atom stereocenters. The fraction of sp³-hybridized carbons (Fsp3) is 0.455. The van der Waals surface area contributed by atoms with Gasteiger partial charge in [0.15, 0.2) is 0 Å². The van der Waals surface area contributed by atoms with Gasteiger partial charge in [-0.15, -0.1) is 0 Å². The number of halogens is 1. The van der Waals surface area contributed by atoms with Crippen LogP contribution in [0.5, 0.6) is 5.75 Å². The lowest BCUT2D eigenvalue weighted by atomic mass is 10.00. The molecule has 0 spiro atoms. The lowest BCUT2D eigenvalue weighted by molar-refractivity contribution is 0.404. The SMILES string of the molecule is COc1c(C)cccc1C(C)CBr. The average molecular weight is 243 g/mol. The standard InChI is InChI=1S/C11H15BrO/c1-8-5-4-6-10(9(2)7-12)11(8)13-3/h4-6,9H,7H2,1-3H3. The summed E-state index contributed by atoms with van der Waals surface area (Å²) in [6.45, 7) is 4.26. The molecule has 72 valence electrons. The summed E-state index contributed by atoms with van der Waals surface area (Å²) in [5, 5.41) is 0.965. The summed E-state index contributed by atoms with van der Waals surface area (Å²) in [5.41, 5.74) is 2.48. The fourth-order valence-electron chi connectivity index (χ4n) is 1.43. The third-order valence-corrected chi connectivity index (χ3v) is 3.18. The summed E-state index contributed by atoms with van der Waals surface area (Å²) in [7, 11) is 1.73. The molecule has 0 saturated carbocycles. The highest BCUT2D eigenvalue weighted by Crippen LogP contribution is 2.30. The van der Waals surface area contributed by atoms with Gasteiger partial charge in [0.05, 0.1) is 7.11 Å². The van der Waals surface area contributed by atoms with Crippen LogP contribution < -0.4 is 4.74 Å². The smallest absolute Gasteiger partial charge is 0.125 e. The zero-order chi connectivity index (χ0) is 9.84. The Morgan fingerprint density at radius 1 is 1.46 bits per heavy atom. The molecule has 1 aromatic rings. The molecule has 0 fully saturated rings. The number of methoxy groups -OCH3 is 1. The third kappa shape index (κ3) is 2.25. The van der Waals surface area contributed by atoms with E-state index >= 15 is 0 Å². The van der Waals surface area contributed by atoms with Crippen molar-refractivity contribution in [3.8, 4) is 5.75 Å². The Hall–Kier alpha value is -0.500. The van der Waals surface area contributed by atoms with Gasteiger partial charge < -0.3 is 4.74 Å². The molecule has 0 aliphatic carbocycles. The van der Waals surface area contributed by atoms with Crippen LogP contribution in [-0.2, 0) is 0 Å². The highest BCUT2D eigenvalue weighted by molar-refractivity contribution is 9.09. The molecule has 13 heavy (non-hydrogen) atoms. The first-order valence-electron chi connectivity index (χ1n) is 4.40. The maximum absolute atomic E-state index is 5.38. The highest BCUT2D eigenvalue weighted by atomic mass is 79.9. The van der Waals surface area contributed by atoms with E-state index in [0.717, 1.165) is 11.1 Å². The van der Waals surface area contributed by atoms with Crippen LogP contribution in [0.25, 0.3) is 0 Å². The second kappa shape index (κ2) is 4.66. The molecule has 1 aromatic carbocycles. The highest BCUT2D eigenvalue weighted by Gasteiger charge is 2.11. The fourth-order valence-corrected chi connectivity index (χ4v) is 1.77. The van der Waals surface area contributed by atoms with E-state index in [4.69, 9.17) is 4.74 Å². The molecule has 0 aliphatic rings. The Kier molecular flexibility index (Phi) is 3.79. The van der Waals surface area contributed by atoms with Crippen LogP contribution in [0.3, 0.4) is 0 Å². The summed E-state index contributed by atoms with van der Waals surface area (Å²) in [4.78, 5) is 0. The van der Waals surface area contributed by atoms with Crippen molar-refractivity contribution in [2.24, 2.45) is 0 Å². The van der Waals surface area contributed by atoms with E-state index in [1.807, 2.05) is 0 Å². The molecular formula is C11H15BrO. The van der Waals surface area contributed by atoms with Crippen molar-refractivity contribution in [1.82, 2.24) is 0 Å². The van der Waals surface area contributed by atoms with Crippen LogP contribution in [0.15, 0.2) is 18.2 Å². The van der Waals surface area contributed by atoms with E-state index in [1.165, 1.54) is 11.1 Å². The first kappa shape index (κ1) is 10.6. The van der Waals surface area contributed by atoms with Crippen LogP contribution in [0.1, 0.15) is 24.0 Å². The lowest BCUT2D eigenvalue weighted by Gasteiger charge is -2.15. The topological polar surface area (TPSA) is 9.23 Å². The van der Waals surface area contributed by atoms with Crippen molar-refractivity contribution < 1.29 is 4.74 Å². The second-order valence-corrected chi connectivity index (χ2v) is 3.90. The van der Waals surface area contributed by atoms with Crippen LogP contribution in [0.2, 0.25) is 0 Å². The van der Waals surface area contributed by atoms with E-state index in [1.54, 1.807) is 7.11 Å². The minimum atomic E-state index is 0.495. The third-order valence-electron chi connectivity index (χ3n) is 2.21. The van der Waals surface area contributed by atoms with Gasteiger partial charge in [0.1, 0.15) is 5.75 Å². The number of ether oxygens (including phenoxy) is 1. The molecule has 0 aliphatic heterocycles. The Balaban J connectivity index is 3.12. The second-order valence-electron chi connectivity index (χ2n) is 3.25. The monoisotopic (exact) mass is 242 g/mol. The molecule has 0 amide bonds. The van der Waals surface area contributed by atoms with Crippen molar-refractivity contribution in [2.45, 2.75) is 19.8 Å². The Labute approximate surface area is 88.2 Å². The van der Waals surface area contributed by atoms with Gasteiger partial charge in [-0.25, -0.2) is 0 Å². The van der Waals surface area contributed by atoms with E-state index in [0.29, 0.717) is 5.92 Å². The average Bonchev–Trinajstić information content (AvgIpc) is 2.16. The molecule has 1 unspecified atom stereocenters. The van der Waals surface area contributed by atoms with Gasteiger partial charge in [-0.1, -0.05) is 41.1 Å². The van der Waals surface area contributed by atoms with E-state index in [-0.39, 0.29) is 0 Å². The van der Waals surface area contributed by atoms with Crippen molar-refractivity contribution in [2.75, 3.05) is 12.4 Å². The molecule has 0 radical (unpaired) electrons. The zero-order valence-corrected chi connectivity index (χ0v) is 9.89. The predicted molar refractivity (Wildman–Crippen MR) is 59.9 cm³/mol. The van der Waals surface area contributed by atoms with Gasteiger partial charge in [-0.3, -0.25) is 0 Å². The Bertz CT molecular complexity index is 283. The number of aryl methyl sites for hydroxylation is 1. The van der Waals surface area contributed by atoms with Gasteiger partial charge in [0.25, 0.3) is 0 Å². The number of para-hydroxylation sites is 1. The summed E-state index contributed by atoms with van der Waals surface area (Å²) >= 11 is 3.48. The minimum absolute atomic E-state index is 0.495. The first-order valence-corrected chi connectivity index (χ1v) is 5.52. The molecular weight excluding hydrogens is 228 g/mol. The Morgan fingerprint density at radius 2 is 2.15 bits per heavy atom. The normalized spacial score (nSPS) is 12.6. The quantitative estimate of drug-likeness (QED) is 0.738. The van der Waals surface area contributed by atoms with Gasteiger partial charge in [-0.05, 0) is 24.0 Å². The number of hydrogen-bond acceptors (Lipinski definition) is 1. The van der Waals surface area contributed by atoms with Crippen LogP contribution in [0.4, 0.5) is 0 Å². The van der Waals surface area contributed by atoms with Crippen LogP contribution in [0, 0.1) is 6.92 Å². The molecule has 0 heterocycles. The van der Waals surface area contributed by atoms with Crippen LogP contribution >= 0.6 is 15.9 Å². The van der Waals surface area contributed by atoms with Crippen molar-refractivity contribution in [3.63, 3.8) is 0 Å². The van der Waals surface area contributed by atoms with Gasteiger partial charge in [0.2, 0.25) is 0 Å². The van der Waals surface area contributed by atoms with Crippen molar-refractivity contribution in [1.29, 1.82) is 0 Å². The molecule has 0 N–H and O–H groups in total. The molecule has 0 saturated heterocycles. The van der Waals surface area contributed by atoms with Crippen molar-refractivity contribution >= 4 is 15.9 Å².